The molecule has 2 aliphatic heterocycles. The summed E-state index contributed by atoms with van der Waals surface area (Å²) in [7, 11) is 0. The number of nitrogens with zero attached hydrogens (tertiary/aromatic N) is 3. The smallest absolute Gasteiger partial charge is 0.374 e. The topological polar surface area (TPSA) is 80.6 Å². The number of amides is 2. The third kappa shape index (κ3) is 4.77. The normalized spacial score (nSPS) is 21.1. The Labute approximate surface area is 218 Å². The van der Waals surface area contributed by atoms with Crippen LogP contribution in [0.3, 0.4) is 0 Å². The second-order valence-corrected chi connectivity index (χ2v) is 9.32. The highest BCUT2D eigenvalue weighted by Crippen LogP contribution is 2.50. The number of alkyl halides is 3. The Morgan fingerprint density at radius 1 is 1.22 bits per heavy atom. The van der Waals surface area contributed by atoms with Crippen molar-refractivity contribution in [3.05, 3.63) is 68.4 Å². The van der Waals surface area contributed by atoms with Crippen LogP contribution in [0.25, 0.3) is 0 Å². The Morgan fingerprint density at radius 3 is 2.43 bits per heavy atom. The van der Waals surface area contributed by atoms with Gasteiger partial charge in [-0.2, -0.15) is 13.2 Å². The fraction of sp³-hybridized carbons (Fsp3) is 0.333. The summed E-state index contributed by atoms with van der Waals surface area (Å²) in [5.41, 5.74) is -2.05. The first kappa shape index (κ1) is 26.9. The lowest BCUT2D eigenvalue weighted by molar-refractivity contribution is -0.275. The van der Waals surface area contributed by atoms with Crippen molar-refractivity contribution in [3.63, 3.8) is 0 Å². The van der Waals surface area contributed by atoms with Gasteiger partial charge in [-0.15, -0.1) is 0 Å². The maximum atomic E-state index is 14.3. The standard InChI is InChI=1S/C24H19Cl2F4N3O4/c1-3-15-9-20(36-31-15)33(11-34)22(35)16-5-4-13(6-12(16)2)19-10-23(37-32-19,24(28,29)30)14-7-17(25)21(27)18(26)8-14/h4-8,11,20H,3,9-10H2,1-2H3. The van der Waals surface area contributed by atoms with Crippen LogP contribution in [0, 0.1) is 12.7 Å². The molecule has 0 aromatic heterocycles. The number of benzene rings is 2. The zero-order valence-electron chi connectivity index (χ0n) is 19.4. The summed E-state index contributed by atoms with van der Waals surface area (Å²) in [6.07, 6.45) is -5.37. The van der Waals surface area contributed by atoms with Crippen molar-refractivity contribution in [2.45, 2.75) is 51.1 Å². The van der Waals surface area contributed by atoms with Gasteiger partial charge in [-0.05, 0) is 48.7 Å². The number of halogens is 6. The van der Waals surface area contributed by atoms with E-state index in [-0.39, 0.29) is 23.3 Å². The largest absolute Gasteiger partial charge is 0.435 e. The van der Waals surface area contributed by atoms with Crippen molar-refractivity contribution in [2.24, 2.45) is 10.3 Å². The summed E-state index contributed by atoms with van der Waals surface area (Å²) in [5, 5.41) is 6.32. The lowest BCUT2D eigenvalue weighted by Crippen LogP contribution is -2.42. The molecule has 2 aromatic carbocycles. The van der Waals surface area contributed by atoms with Crippen molar-refractivity contribution < 1.29 is 36.8 Å². The first-order chi connectivity index (χ1) is 17.4. The van der Waals surface area contributed by atoms with E-state index in [4.69, 9.17) is 32.9 Å². The average Bonchev–Trinajstić information content (AvgIpc) is 3.51. The molecule has 37 heavy (non-hydrogen) atoms. The molecule has 7 nitrogen and oxygen atoms in total. The van der Waals surface area contributed by atoms with Gasteiger partial charge in [0, 0.05) is 24.0 Å². The summed E-state index contributed by atoms with van der Waals surface area (Å²) in [6, 6.07) is 5.83. The molecule has 13 heteroatoms. The average molecular weight is 560 g/mol. The lowest BCUT2D eigenvalue weighted by Gasteiger charge is -2.29. The highest BCUT2D eigenvalue weighted by molar-refractivity contribution is 6.35. The van der Waals surface area contributed by atoms with Crippen molar-refractivity contribution in [1.29, 1.82) is 0 Å². The molecule has 0 saturated heterocycles. The molecule has 2 aliphatic rings. The van der Waals surface area contributed by atoms with Gasteiger partial charge < -0.3 is 9.68 Å². The Kier molecular flexibility index (Phi) is 7.22. The fourth-order valence-electron chi connectivity index (χ4n) is 4.09. The summed E-state index contributed by atoms with van der Waals surface area (Å²) in [4.78, 5) is 35.7. The second kappa shape index (κ2) is 9.94. The van der Waals surface area contributed by atoms with Gasteiger partial charge in [-0.1, -0.05) is 46.5 Å². The minimum Gasteiger partial charge on any atom is -0.374 e. The predicted octanol–water partition coefficient (Wildman–Crippen LogP) is 6.13. The molecule has 2 amide bonds. The van der Waals surface area contributed by atoms with Crippen LogP contribution in [-0.4, -0.2) is 41.0 Å². The summed E-state index contributed by atoms with van der Waals surface area (Å²) in [6.45, 7) is 3.43. The molecule has 2 aromatic rings. The number of imide groups is 1. The van der Waals surface area contributed by atoms with Crippen LogP contribution in [0.5, 0.6) is 0 Å². The predicted molar refractivity (Wildman–Crippen MR) is 127 cm³/mol. The Balaban J connectivity index is 1.61. The van der Waals surface area contributed by atoms with E-state index in [1.54, 1.807) is 6.92 Å². The second-order valence-electron chi connectivity index (χ2n) is 8.51. The van der Waals surface area contributed by atoms with Crippen LogP contribution < -0.4 is 0 Å². The fourth-order valence-corrected chi connectivity index (χ4v) is 4.57. The summed E-state index contributed by atoms with van der Waals surface area (Å²) in [5.74, 6) is -1.70. The summed E-state index contributed by atoms with van der Waals surface area (Å²) < 4.78 is 56.6. The van der Waals surface area contributed by atoms with Crippen molar-refractivity contribution >= 4 is 46.9 Å². The number of carbonyl (C=O) groups is 2. The summed E-state index contributed by atoms with van der Waals surface area (Å²) >= 11 is 11.5. The Morgan fingerprint density at radius 2 is 1.89 bits per heavy atom. The van der Waals surface area contributed by atoms with Crippen molar-refractivity contribution in [1.82, 2.24) is 4.90 Å². The molecule has 2 unspecified atom stereocenters. The SMILES string of the molecule is CCC1=NOC(N(C=O)C(=O)c2ccc(C3=NOC(c4cc(Cl)c(F)c(Cl)c4)(C(F)(F)F)C3)cc2C)C1. The molecule has 0 radical (unpaired) electrons. The zero-order chi connectivity index (χ0) is 27.1. The van der Waals surface area contributed by atoms with E-state index in [1.165, 1.54) is 18.2 Å². The van der Waals surface area contributed by atoms with E-state index in [1.807, 2.05) is 6.92 Å². The maximum absolute atomic E-state index is 14.3. The minimum atomic E-state index is -4.96. The Hall–Kier alpha value is -3.18. The van der Waals surface area contributed by atoms with Crippen molar-refractivity contribution in [2.75, 3.05) is 0 Å². The quantitative estimate of drug-likeness (QED) is 0.242. The van der Waals surface area contributed by atoms with Crippen LogP contribution in [0.15, 0.2) is 40.6 Å². The molecular weight excluding hydrogens is 541 g/mol. The van der Waals surface area contributed by atoms with Gasteiger partial charge in [0.2, 0.25) is 12.6 Å². The lowest BCUT2D eigenvalue weighted by atomic mass is 9.86. The van der Waals surface area contributed by atoms with E-state index in [0.29, 0.717) is 24.1 Å². The number of aryl methyl sites for hydroxylation is 1. The molecule has 0 spiro atoms. The van der Waals surface area contributed by atoms with Crippen molar-refractivity contribution in [3.8, 4) is 0 Å². The van der Waals surface area contributed by atoms with Gasteiger partial charge >= 0.3 is 6.18 Å². The van der Waals surface area contributed by atoms with E-state index in [2.05, 4.69) is 10.3 Å². The molecule has 196 valence electrons. The number of hydrogen-bond donors (Lipinski definition) is 0. The monoisotopic (exact) mass is 559 g/mol. The van der Waals surface area contributed by atoms with Gasteiger partial charge in [0.25, 0.3) is 11.5 Å². The molecular formula is C24H19Cl2F4N3O4. The van der Waals surface area contributed by atoms with Crippen LogP contribution in [0.2, 0.25) is 10.0 Å². The molecule has 0 saturated carbocycles. The molecule has 0 fully saturated rings. The first-order valence-corrected chi connectivity index (χ1v) is 11.7. The molecule has 0 N–H and O–H groups in total. The molecule has 0 aliphatic carbocycles. The van der Waals surface area contributed by atoms with Crippen LogP contribution in [0.4, 0.5) is 17.6 Å². The van der Waals surface area contributed by atoms with Gasteiger partial charge in [0.05, 0.1) is 21.5 Å². The van der Waals surface area contributed by atoms with Gasteiger partial charge in [0.15, 0.2) is 5.82 Å². The van der Waals surface area contributed by atoms with Gasteiger partial charge in [-0.25, -0.2) is 9.29 Å². The van der Waals surface area contributed by atoms with Crippen LogP contribution in [-0.2, 0) is 20.1 Å². The maximum Gasteiger partial charge on any atom is 0.435 e. The van der Waals surface area contributed by atoms with E-state index in [0.717, 1.165) is 17.0 Å². The highest BCUT2D eigenvalue weighted by atomic mass is 35.5. The molecule has 2 heterocycles. The van der Waals surface area contributed by atoms with Gasteiger partial charge in [0.1, 0.15) is 0 Å². The van der Waals surface area contributed by atoms with E-state index < -0.39 is 51.8 Å². The third-order valence-corrected chi connectivity index (χ3v) is 6.76. The van der Waals surface area contributed by atoms with E-state index in [9.17, 15) is 27.2 Å². The van der Waals surface area contributed by atoms with Crippen LogP contribution in [0.1, 0.15) is 53.2 Å². The van der Waals surface area contributed by atoms with Crippen LogP contribution >= 0.6 is 23.2 Å². The van der Waals surface area contributed by atoms with E-state index >= 15 is 0 Å². The zero-order valence-corrected chi connectivity index (χ0v) is 20.9. The van der Waals surface area contributed by atoms with Gasteiger partial charge in [-0.3, -0.25) is 9.59 Å². The number of carbonyl (C=O) groups excluding carboxylic acids is 2. The minimum absolute atomic E-state index is 0.0663. The molecule has 2 atom stereocenters. The molecule has 0 bridgehead atoms. The number of hydrogen-bond acceptors (Lipinski definition) is 6. The Bertz CT molecular complexity index is 1310. The highest BCUT2D eigenvalue weighted by Gasteiger charge is 2.62. The first-order valence-electron chi connectivity index (χ1n) is 11.0. The molecule has 4 rings (SSSR count). The number of oxime groups is 2. The number of rotatable bonds is 6. The third-order valence-electron chi connectivity index (χ3n) is 6.21.